The molecule has 74 valence electrons. The summed E-state index contributed by atoms with van der Waals surface area (Å²) in [5.41, 5.74) is 0.266. The van der Waals surface area contributed by atoms with Crippen molar-refractivity contribution in [3.63, 3.8) is 0 Å². The van der Waals surface area contributed by atoms with E-state index in [0.29, 0.717) is 0 Å². The molecule has 0 aromatic heterocycles. The zero-order valence-electron chi connectivity index (χ0n) is 8.94. The Kier molecular flexibility index (Phi) is 6.39. The molecule has 0 aromatic rings. The molecule has 0 atom stereocenters. The Bertz CT molecular complexity index is 102. The Morgan fingerprint density at radius 3 is 2.50 bits per heavy atom. The van der Waals surface area contributed by atoms with Gasteiger partial charge in [-0.3, -0.25) is 0 Å². The molecule has 2 nitrogen and oxygen atoms in total. The molecule has 0 heterocycles. The molecule has 0 saturated carbocycles. The van der Waals surface area contributed by atoms with E-state index < -0.39 is 0 Å². The van der Waals surface area contributed by atoms with Crippen LogP contribution in [0.15, 0.2) is 0 Å². The van der Waals surface area contributed by atoms with Crippen LogP contribution in [0.2, 0.25) is 0 Å². The number of nitrogens with one attached hydrogen (secondary N) is 1. The maximum Gasteiger partial charge on any atom is 0.0525 e. The Morgan fingerprint density at radius 1 is 1.33 bits per heavy atom. The summed E-state index contributed by atoms with van der Waals surface area (Å²) in [6.45, 7) is 9.64. The van der Waals surface area contributed by atoms with Gasteiger partial charge in [0.25, 0.3) is 0 Å². The first-order chi connectivity index (χ1) is 5.62. The van der Waals surface area contributed by atoms with Crippen LogP contribution < -0.4 is 5.32 Å². The van der Waals surface area contributed by atoms with Gasteiger partial charge in [0, 0.05) is 19.1 Å². The van der Waals surface area contributed by atoms with Gasteiger partial charge in [0.2, 0.25) is 0 Å². The van der Waals surface area contributed by atoms with Crippen LogP contribution in [0.3, 0.4) is 0 Å². The Balaban J connectivity index is 3.33. The van der Waals surface area contributed by atoms with Crippen molar-refractivity contribution in [1.82, 2.24) is 5.32 Å². The Labute approximate surface area is 76.7 Å². The average Bonchev–Trinajstić information content (AvgIpc) is 1.98. The third-order valence-corrected chi connectivity index (χ3v) is 1.85. The minimum atomic E-state index is 0.266. The molecule has 2 heteroatoms. The molecule has 12 heavy (non-hydrogen) atoms. The first-order valence-corrected chi connectivity index (χ1v) is 4.82. The predicted octanol–water partition coefficient (Wildman–Crippen LogP) is 2.05. The second-order valence-electron chi connectivity index (χ2n) is 4.13. The summed E-state index contributed by atoms with van der Waals surface area (Å²) >= 11 is 0. The van der Waals surface area contributed by atoms with E-state index in [9.17, 15) is 0 Å². The number of ether oxygens (including phenoxy) is 1. The van der Waals surface area contributed by atoms with Gasteiger partial charge in [0.05, 0.1) is 6.61 Å². The third kappa shape index (κ3) is 6.62. The minimum Gasteiger partial charge on any atom is -0.384 e. The Hall–Kier alpha value is -0.0800. The van der Waals surface area contributed by atoms with Crippen molar-refractivity contribution in [2.24, 2.45) is 5.41 Å². The van der Waals surface area contributed by atoms with E-state index >= 15 is 0 Å². The average molecular weight is 173 g/mol. The largest absolute Gasteiger partial charge is 0.384 e. The molecular weight excluding hydrogens is 150 g/mol. The van der Waals surface area contributed by atoms with Crippen molar-refractivity contribution in [3.8, 4) is 0 Å². The third-order valence-electron chi connectivity index (χ3n) is 1.85. The van der Waals surface area contributed by atoms with E-state index in [1.165, 1.54) is 12.8 Å². The zero-order valence-corrected chi connectivity index (χ0v) is 8.94. The lowest BCUT2D eigenvalue weighted by molar-refractivity contribution is 0.104. The maximum atomic E-state index is 5.12. The Morgan fingerprint density at radius 2 is 2.00 bits per heavy atom. The van der Waals surface area contributed by atoms with Gasteiger partial charge in [-0.25, -0.2) is 0 Å². The van der Waals surface area contributed by atoms with Gasteiger partial charge in [-0.15, -0.1) is 0 Å². The SMILES string of the molecule is CCCCNCC(C)(C)COC. The summed E-state index contributed by atoms with van der Waals surface area (Å²) in [6.07, 6.45) is 2.53. The molecule has 0 fully saturated rings. The molecular formula is C10H23NO. The highest BCUT2D eigenvalue weighted by Crippen LogP contribution is 2.12. The molecule has 0 aliphatic heterocycles. The number of rotatable bonds is 7. The van der Waals surface area contributed by atoms with Crippen molar-refractivity contribution in [2.45, 2.75) is 33.6 Å². The highest BCUT2D eigenvalue weighted by Gasteiger charge is 2.16. The lowest BCUT2D eigenvalue weighted by Gasteiger charge is -2.23. The van der Waals surface area contributed by atoms with Gasteiger partial charge in [0.15, 0.2) is 0 Å². The van der Waals surface area contributed by atoms with Crippen LogP contribution in [0.1, 0.15) is 33.6 Å². The number of hydrogen-bond donors (Lipinski definition) is 1. The molecule has 0 saturated heterocycles. The summed E-state index contributed by atoms with van der Waals surface area (Å²) in [4.78, 5) is 0. The van der Waals surface area contributed by atoms with E-state index in [4.69, 9.17) is 4.74 Å². The highest BCUT2D eigenvalue weighted by atomic mass is 16.5. The highest BCUT2D eigenvalue weighted by molar-refractivity contribution is 4.70. The van der Waals surface area contributed by atoms with Crippen LogP contribution in [0.25, 0.3) is 0 Å². The summed E-state index contributed by atoms with van der Waals surface area (Å²) in [7, 11) is 1.76. The van der Waals surface area contributed by atoms with Crippen molar-refractivity contribution in [3.05, 3.63) is 0 Å². The molecule has 0 rings (SSSR count). The number of methoxy groups -OCH3 is 1. The molecule has 0 aliphatic rings. The smallest absolute Gasteiger partial charge is 0.0525 e. The first-order valence-electron chi connectivity index (χ1n) is 4.82. The maximum absolute atomic E-state index is 5.12. The fraction of sp³-hybridized carbons (Fsp3) is 1.00. The minimum absolute atomic E-state index is 0.266. The van der Waals surface area contributed by atoms with Gasteiger partial charge in [0.1, 0.15) is 0 Å². The molecule has 0 bridgehead atoms. The summed E-state index contributed by atoms with van der Waals surface area (Å²) in [5, 5.41) is 3.43. The fourth-order valence-corrected chi connectivity index (χ4v) is 1.17. The predicted molar refractivity (Wildman–Crippen MR) is 53.4 cm³/mol. The monoisotopic (exact) mass is 173 g/mol. The topological polar surface area (TPSA) is 21.3 Å². The fourth-order valence-electron chi connectivity index (χ4n) is 1.17. The number of unbranched alkanes of at least 4 members (excludes halogenated alkanes) is 1. The number of hydrogen-bond acceptors (Lipinski definition) is 2. The van der Waals surface area contributed by atoms with Crippen molar-refractivity contribution in [2.75, 3.05) is 26.8 Å². The second kappa shape index (κ2) is 6.44. The molecule has 0 unspecified atom stereocenters. The van der Waals surface area contributed by atoms with Crippen molar-refractivity contribution in [1.29, 1.82) is 0 Å². The molecule has 0 spiro atoms. The first kappa shape index (κ1) is 11.9. The molecule has 0 radical (unpaired) electrons. The van der Waals surface area contributed by atoms with Crippen LogP contribution in [0, 0.1) is 5.41 Å². The van der Waals surface area contributed by atoms with Gasteiger partial charge in [-0.1, -0.05) is 27.2 Å². The summed E-state index contributed by atoms with van der Waals surface area (Å²) in [6, 6.07) is 0. The molecule has 0 amide bonds. The van der Waals surface area contributed by atoms with Crippen LogP contribution in [-0.2, 0) is 4.74 Å². The van der Waals surface area contributed by atoms with Crippen LogP contribution in [0.5, 0.6) is 0 Å². The van der Waals surface area contributed by atoms with Crippen LogP contribution in [-0.4, -0.2) is 26.8 Å². The lowest BCUT2D eigenvalue weighted by atomic mass is 9.95. The molecule has 1 N–H and O–H groups in total. The summed E-state index contributed by atoms with van der Waals surface area (Å²) in [5.74, 6) is 0. The van der Waals surface area contributed by atoms with E-state index in [1.54, 1.807) is 7.11 Å². The van der Waals surface area contributed by atoms with Crippen molar-refractivity contribution >= 4 is 0 Å². The molecule has 0 aliphatic carbocycles. The van der Waals surface area contributed by atoms with Gasteiger partial charge in [-0.2, -0.15) is 0 Å². The lowest BCUT2D eigenvalue weighted by Crippen LogP contribution is -2.33. The van der Waals surface area contributed by atoms with Crippen LogP contribution >= 0.6 is 0 Å². The zero-order chi connectivity index (χ0) is 9.45. The van der Waals surface area contributed by atoms with E-state index in [1.807, 2.05) is 0 Å². The quantitative estimate of drug-likeness (QED) is 0.595. The normalized spacial score (nSPS) is 12.0. The standard InChI is InChI=1S/C10H23NO/c1-5-6-7-11-8-10(2,3)9-12-4/h11H,5-9H2,1-4H3. The van der Waals surface area contributed by atoms with Crippen molar-refractivity contribution < 1.29 is 4.74 Å². The van der Waals surface area contributed by atoms with Crippen LogP contribution in [0.4, 0.5) is 0 Å². The molecule has 0 aromatic carbocycles. The summed E-state index contributed by atoms with van der Waals surface area (Å²) < 4.78 is 5.12. The van der Waals surface area contributed by atoms with E-state index in [2.05, 4.69) is 26.1 Å². The van der Waals surface area contributed by atoms with Gasteiger partial charge < -0.3 is 10.1 Å². The van der Waals surface area contributed by atoms with Gasteiger partial charge >= 0.3 is 0 Å². The van der Waals surface area contributed by atoms with E-state index in [-0.39, 0.29) is 5.41 Å². The van der Waals surface area contributed by atoms with Gasteiger partial charge in [-0.05, 0) is 13.0 Å². The second-order valence-corrected chi connectivity index (χ2v) is 4.13. The van der Waals surface area contributed by atoms with E-state index in [0.717, 1.165) is 19.7 Å².